The fraction of sp³-hybridized carbons (Fsp3) is 0.421. The van der Waals surface area contributed by atoms with Crippen molar-refractivity contribution < 1.29 is 14.3 Å². The normalized spacial score (nSPS) is 14.8. The number of methoxy groups -OCH3 is 1. The van der Waals surface area contributed by atoms with Crippen molar-refractivity contribution in [1.82, 2.24) is 15.6 Å². The van der Waals surface area contributed by atoms with Gasteiger partial charge in [-0.05, 0) is 31.9 Å². The predicted octanol–water partition coefficient (Wildman–Crippen LogP) is 2.37. The molecule has 26 heavy (non-hydrogen) atoms. The van der Waals surface area contributed by atoms with E-state index in [4.69, 9.17) is 4.74 Å². The van der Waals surface area contributed by atoms with Crippen molar-refractivity contribution in [2.75, 3.05) is 19.5 Å². The van der Waals surface area contributed by atoms with E-state index in [1.807, 2.05) is 31.2 Å². The van der Waals surface area contributed by atoms with Gasteiger partial charge in [-0.2, -0.15) is 0 Å². The molecule has 2 aromatic rings. The molecule has 1 aliphatic rings. The highest BCUT2D eigenvalue weighted by atomic mass is 32.2. The van der Waals surface area contributed by atoms with Gasteiger partial charge in [-0.1, -0.05) is 30.0 Å². The lowest BCUT2D eigenvalue weighted by Crippen LogP contribution is -2.36. The van der Waals surface area contributed by atoms with Gasteiger partial charge in [-0.25, -0.2) is 4.98 Å². The highest BCUT2D eigenvalue weighted by Crippen LogP contribution is 2.26. The number of pyridine rings is 1. The number of ether oxygens (including phenoxy) is 1. The Bertz CT molecular complexity index is 808. The van der Waals surface area contributed by atoms with Gasteiger partial charge in [0.05, 0.1) is 28.5 Å². The highest BCUT2D eigenvalue weighted by molar-refractivity contribution is 7.99. The molecule has 2 amide bonds. The summed E-state index contributed by atoms with van der Waals surface area (Å²) in [5.41, 5.74) is 1.37. The third-order valence-corrected chi connectivity index (χ3v) is 4.94. The molecule has 1 heterocycles. The predicted molar refractivity (Wildman–Crippen MR) is 102 cm³/mol. The molecule has 0 radical (unpaired) electrons. The van der Waals surface area contributed by atoms with E-state index in [1.165, 1.54) is 11.8 Å². The SMILES string of the molecule is COC[C@@H](C)NC(=O)CSc1cc(C(=O)NC2CC2)c2ccccc2n1. The van der Waals surface area contributed by atoms with Crippen LogP contribution in [0.3, 0.4) is 0 Å². The second kappa shape index (κ2) is 8.51. The summed E-state index contributed by atoms with van der Waals surface area (Å²) in [6.07, 6.45) is 2.08. The molecule has 0 saturated heterocycles. The first-order chi connectivity index (χ1) is 12.6. The summed E-state index contributed by atoms with van der Waals surface area (Å²) in [6, 6.07) is 9.60. The maximum atomic E-state index is 12.6. The van der Waals surface area contributed by atoms with Crippen molar-refractivity contribution in [1.29, 1.82) is 0 Å². The third-order valence-electron chi connectivity index (χ3n) is 4.03. The minimum absolute atomic E-state index is 0.0439. The average molecular weight is 373 g/mol. The van der Waals surface area contributed by atoms with E-state index in [-0.39, 0.29) is 23.6 Å². The van der Waals surface area contributed by atoms with Gasteiger partial charge in [0.1, 0.15) is 0 Å². The first-order valence-corrected chi connectivity index (χ1v) is 9.67. The summed E-state index contributed by atoms with van der Waals surface area (Å²) in [6.45, 7) is 2.36. The molecule has 3 rings (SSSR count). The Morgan fingerprint density at radius 1 is 1.35 bits per heavy atom. The fourth-order valence-electron chi connectivity index (χ4n) is 2.65. The number of benzene rings is 1. The molecule has 6 nitrogen and oxygen atoms in total. The number of fused-ring (bicyclic) bond motifs is 1. The number of carbonyl (C=O) groups excluding carboxylic acids is 2. The van der Waals surface area contributed by atoms with Crippen LogP contribution in [0, 0.1) is 0 Å². The van der Waals surface area contributed by atoms with Gasteiger partial charge < -0.3 is 15.4 Å². The smallest absolute Gasteiger partial charge is 0.252 e. The Morgan fingerprint density at radius 2 is 2.12 bits per heavy atom. The molecule has 1 aliphatic carbocycles. The second-order valence-electron chi connectivity index (χ2n) is 6.49. The van der Waals surface area contributed by atoms with Gasteiger partial charge in [0.15, 0.2) is 0 Å². The Kier molecular flexibility index (Phi) is 6.11. The van der Waals surface area contributed by atoms with Crippen LogP contribution in [-0.2, 0) is 9.53 Å². The first-order valence-electron chi connectivity index (χ1n) is 8.68. The molecule has 1 aromatic heterocycles. The summed E-state index contributed by atoms with van der Waals surface area (Å²) >= 11 is 1.33. The Balaban J connectivity index is 1.73. The number of amides is 2. The molecular formula is C19H23N3O3S. The van der Waals surface area contributed by atoms with E-state index in [9.17, 15) is 9.59 Å². The van der Waals surface area contributed by atoms with Crippen LogP contribution < -0.4 is 10.6 Å². The van der Waals surface area contributed by atoms with Crippen LogP contribution in [0.1, 0.15) is 30.1 Å². The number of nitrogens with zero attached hydrogens (tertiary/aromatic N) is 1. The van der Waals surface area contributed by atoms with Gasteiger partial charge in [-0.15, -0.1) is 0 Å². The Morgan fingerprint density at radius 3 is 2.85 bits per heavy atom. The van der Waals surface area contributed by atoms with Crippen molar-refractivity contribution in [2.45, 2.75) is 36.9 Å². The summed E-state index contributed by atoms with van der Waals surface area (Å²) in [5, 5.41) is 7.39. The van der Waals surface area contributed by atoms with Crippen LogP contribution in [-0.4, -0.2) is 48.4 Å². The first kappa shape index (κ1) is 18.7. The maximum absolute atomic E-state index is 12.6. The monoisotopic (exact) mass is 373 g/mol. The molecule has 0 bridgehead atoms. The second-order valence-corrected chi connectivity index (χ2v) is 7.48. The molecule has 7 heteroatoms. The summed E-state index contributed by atoms with van der Waals surface area (Å²) in [4.78, 5) is 29.2. The fourth-order valence-corrected chi connectivity index (χ4v) is 3.38. The van der Waals surface area contributed by atoms with Gasteiger partial charge in [0.25, 0.3) is 5.91 Å². The van der Waals surface area contributed by atoms with Crippen molar-refractivity contribution in [3.05, 3.63) is 35.9 Å². The van der Waals surface area contributed by atoms with E-state index in [0.29, 0.717) is 23.2 Å². The molecule has 138 valence electrons. The van der Waals surface area contributed by atoms with Crippen LogP contribution >= 0.6 is 11.8 Å². The van der Waals surface area contributed by atoms with E-state index in [1.54, 1.807) is 13.2 Å². The van der Waals surface area contributed by atoms with Crippen LogP contribution in [0.2, 0.25) is 0 Å². The summed E-state index contributed by atoms with van der Waals surface area (Å²) in [7, 11) is 1.60. The molecule has 0 spiro atoms. The number of hydrogen-bond acceptors (Lipinski definition) is 5. The van der Waals surface area contributed by atoms with E-state index in [0.717, 1.165) is 23.7 Å². The number of thioether (sulfide) groups is 1. The van der Waals surface area contributed by atoms with E-state index in [2.05, 4.69) is 15.6 Å². The molecule has 1 atom stereocenters. The van der Waals surface area contributed by atoms with Crippen molar-refractivity contribution >= 4 is 34.5 Å². The van der Waals surface area contributed by atoms with Crippen LogP contribution in [0.5, 0.6) is 0 Å². The Labute approximate surface area is 157 Å². The topological polar surface area (TPSA) is 80.3 Å². The van der Waals surface area contributed by atoms with Crippen LogP contribution in [0.4, 0.5) is 0 Å². The highest BCUT2D eigenvalue weighted by Gasteiger charge is 2.25. The van der Waals surface area contributed by atoms with Crippen LogP contribution in [0.15, 0.2) is 35.4 Å². The lowest BCUT2D eigenvalue weighted by molar-refractivity contribution is -0.119. The van der Waals surface area contributed by atoms with Gasteiger partial charge in [0, 0.05) is 24.6 Å². The van der Waals surface area contributed by atoms with Gasteiger partial charge in [0.2, 0.25) is 5.91 Å². The maximum Gasteiger partial charge on any atom is 0.252 e. The molecule has 2 N–H and O–H groups in total. The van der Waals surface area contributed by atoms with Crippen molar-refractivity contribution in [3.8, 4) is 0 Å². The number of nitrogens with one attached hydrogen (secondary N) is 2. The van der Waals surface area contributed by atoms with E-state index < -0.39 is 0 Å². The third kappa shape index (κ3) is 4.95. The van der Waals surface area contributed by atoms with Crippen LogP contribution in [0.25, 0.3) is 10.9 Å². The van der Waals surface area contributed by atoms with Gasteiger partial charge >= 0.3 is 0 Å². The average Bonchev–Trinajstić information content (AvgIpc) is 3.43. The Hall–Kier alpha value is -2.12. The zero-order valence-corrected chi connectivity index (χ0v) is 15.8. The molecule has 1 saturated carbocycles. The molecular weight excluding hydrogens is 350 g/mol. The zero-order chi connectivity index (χ0) is 18.5. The number of para-hydroxylation sites is 1. The number of hydrogen-bond donors (Lipinski definition) is 2. The molecule has 1 aromatic carbocycles. The lowest BCUT2D eigenvalue weighted by Gasteiger charge is -2.13. The molecule has 0 aliphatic heterocycles. The quantitative estimate of drug-likeness (QED) is 0.695. The molecule has 1 fully saturated rings. The van der Waals surface area contributed by atoms with Gasteiger partial charge in [-0.3, -0.25) is 9.59 Å². The largest absolute Gasteiger partial charge is 0.383 e. The van der Waals surface area contributed by atoms with Crippen molar-refractivity contribution in [3.63, 3.8) is 0 Å². The molecule has 0 unspecified atom stereocenters. The number of rotatable bonds is 8. The lowest BCUT2D eigenvalue weighted by atomic mass is 10.1. The summed E-state index contributed by atoms with van der Waals surface area (Å²) in [5.74, 6) is 0.0768. The standard InChI is InChI=1S/C19H23N3O3S/c1-12(10-25-2)20-17(23)11-26-18-9-15(19(24)21-13-7-8-13)14-5-3-4-6-16(14)22-18/h3-6,9,12-13H,7-8,10-11H2,1-2H3,(H,20,23)(H,21,24)/t12-/m1/s1. The minimum atomic E-state index is -0.0847. The van der Waals surface area contributed by atoms with E-state index >= 15 is 0 Å². The number of carbonyl (C=O) groups is 2. The summed E-state index contributed by atoms with van der Waals surface area (Å²) < 4.78 is 5.02. The minimum Gasteiger partial charge on any atom is -0.383 e. The number of aromatic nitrogens is 1. The van der Waals surface area contributed by atoms with Crippen molar-refractivity contribution in [2.24, 2.45) is 0 Å². The zero-order valence-electron chi connectivity index (χ0n) is 15.0.